The number of hydrogen-bond acceptors (Lipinski definition) is 2. The zero-order valence-corrected chi connectivity index (χ0v) is 15.6. The molecule has 0 radical (unpaired) electrons. The van der Waals surface area contributed by atoms with Gasteiger partial charge in [-0.1, -0.05) is 32.1 Å². The third-order valence-electron chi connectivity index (χ3n) is 4.95. The molecule has 1 aliphatic rings. The minimum absolute atomic E-state index is 0.0871. The van der Waals surface area contributed by atoms with Crippen LogP contribution in [-0.4, -0.2) is 36.5 Å². The van der Waals surface area contributed by atoms with Crippen molar-refractivity contribution in [2.24, 2.45) is 0 Å². The number of hydrogen-bond donors (Lipinski definition) is 0. The van der Waals surface area contributed by atoms with Crippen molar-refractivity contribution >= 4 is 11.6 Å². The van der Waals surface area contributed by atoms with Crippen molar-refractivity contribution in [1.82, 2.24) is 4.90 Å². The second-order valence-corrected chi connectivity index (χ2v) is 6.77. The van der Waals surface area contributed by atoms with E-state index in [-0.39, 0.29) is 5.91 Å². The molecule has 1 aromatic rings. The van der Waals surface area contributed by atoms with Gasteiger partial charge >= 0.3 is 0 Å². The molecule has 1 unspecified atom stereocenters. The number of amides is 1. The van der Waals surface area contributed by atoms with Crippen LogP contribution in [0.25, 0.3) is 0 Å². The molecule has 0 heterocycles. The van der Waals surface area contributed by atoms with E-state index in [4.69, 9.17) is 0 Å². The Kier molecular flexibility index (Phi) is 7.04. The van der Waals surface area contributed by atoms with Crippen LogP contribution >= 0.6 is 0 Å². The molecule has 3 heteroatoms. The molecule has 1 aliphatic carbocycles. The highest BCUT2D eigenvalue weighted by molar-refractivity contribution is 5.92. The summed E-state index contributed by atoms with van der Waals surface area (Å²) in [7, 11) is 0. The molecule has 0 aliphatic heterocycles. The predicted molar refractivity (Wildman–Crippen MR) is 103 cm³/mol. The van der Waals surface area contributed by atoms with Crippen LogP contribution < -0.4 is 4.90 Å². The molecule has 0 bridgehead atoms. The van der Waals surface area contributed by atoms with Gasteiger partial charge in [-0.2, -0.15) is 0 Å². The molecule has 1 aromatic carbocycles. The van der Waals surface area contributed by atoms with Gasteiger partial charge in [-0.05, 0) is 62.4 Å². The maximum Gasteiger partial charge on any atom is 0.224 e. The molecular formula is C21H32N2O. The first-order valence-electron chi connectivity index (χ1n) is 9.36. The molecule has 1 amide bonds. The van der Waals surface area contributed by atoms with Gasteiger partial charge in [0, 0.05) is 25.2 Å². The van der Waals surface area contributed by atoms with Crippen molar-refractivity contribution in [2.45, 2.75) is 58.9 Å². The summed E-state index contributed by atoms with van der Waals surface area (Å²) in [4.78, 5) is 16.5. The largest absolute Gasteiger partial charge is 0.309 e. The van der Waals surface area contributed by atoms with Crippen LogP contribution in [0, 0.1) is 0 Å². The molecule has 24 heavy (non-hydrogen) atoms. The molecule has 3 nitrogen and oxygen atoms in total. The van der Waals surface area contributed by atoms with E-state index in [0.717, 1.165) is 18.5 Å². The lowest BCUT2D eigenvalue weighted by Gasteiger charge is -2.36. The summed E-state index contributed by atoms with van der Waals surface area (Å²) in [5, 5.41) is 0. The second kappa shape index (κ2) is 9.03. The predicted octanol–water partition coefficient (Wildman–Crippen LogP) is 4.20. The highest BCUT2D eigenvalue weighted by Crippen LogP contribution is 2.32. The number of fused-ring (bicyclic) bond motifs is 1. The number of nitrogens with zero attached hydrogens (tertiary/aromatic N) is 2. The molecule has 1 atom stereocenters. The monoisotopic (exact) mass is 328 g/mol. The maximum absolute atomic E-state index is 12.0. The summed E-state index contributed by atoms with van der Waals surface area (Å²) >= 11 is 0. The van der Waals surface area contributed by atoms with Crippen LogP contribution in [-0.2, 0) is 17.6 Å². The Labute approximate surface area is 147 Å². The molecule has 0 fully saturated rings. The first-order valence-corrected chi connectivity index (χ1v) is 9.36. The Morgan fingerprint density at radius 2 is 2.00 bits per heavy atom. The zero-order valence-electron chi connectivity index (χ0n) is 15.6. The molecule has 0 saturated heterocycles. The Balaban J connectivity index is 2.25. The minimum Gasteiger partial charge on any atom is -0.309 e. The molecular weight excluding hydrogens is 296 g/mol. The van der Waals surface area contributed by atoms with E-state index in [9.17, 15) is 4.79 Å². The third kappa shape index (κ3) is 4.27. The number of benzene rings is 1. The van der Waals surface area contributed by atoms with Gasteiger partial charge < -0.3 is 9.80 Å². The molecule has 0 aromatic heterocycles. The highest BCUT2D eigenvalue weighted by atomic mass is 16.2. The van der Waals surface area contributed by atoms with Crippen LogP contribution in [0.2, 0.25) is 0 Å². The van der Waals surface area contributed by atoms with Gasteiger partial charge in [0.2, 0.25) is 5.91 Å². The standard InChI is InChI=1S/C21H32N2O/c1-5-13-22(14-6-2)19-11-12-20-18(16-19)9-8-10-21(20)23(15-7-3)17(4)24/h7-10,19H,3,5-6,11-16H2,1-2,4H3. The molecule has 2 rings (SSSR count). The van der Waals surface area contributed by atoms with Crippen molar-refractivity contribution < 1.29 is 4.79 Å². The fourth-order valence-electron chi connectivity index (χ4n) is 3.91. The van der Waals surface area contributed by atoms with Crippen molar-refractivity contribution in [3.63, 3.8) is 0 Å². The van der Waals surface area contributed by atoms with E-state index in [1.165, 1.54) is 43.5 Å². The summed E-state index contributed by atoms with van der Waals surface area (Å²) in [6.07, 6.45) is 7.56. The Morgan fingerprint density at radius 3 is 2.58 bits per heavy atom. The van der Waals surface area contributed by atoms with E-state index in [1.54, 1.807) is 13.0 Å². The number of rotatable bonds is 8. The normalized spacial score (nSPS) is 16.8. The molecule has 0 N–H and O–H groups in total. The third-order valence-corrected chi connectivity index (χ3v) is 4.95. The Morgan fingerprint density at radius 1 is 1.29 bits per heavy atom. The van der Waals surface area contributed by atoms with Gasteiger partial charge in [-0.3, -0.25) is 4.79 Å². The quantitative estimate of drug-likeness (QED) is 0.668. The maximum atomic E-state index is 12.0. The van der Waals surface area contributed by atoms with Gasteiger partial charge in [-0.15, -0.1) is 6.58 Å². The zero-order chi connectivity index (χ0) is 17.5. The summed E-state index contributed by atoms with van der Waals surface area (Å²) in [5.41, 5.74) is 3.85. The fraction of sp³-hybridized carbons (Fsp3) is 0.571. The lowest BCUT2D eigenvalue weighted by atomic mass is 9.86. The molecule has 132 valence electrons. The Bertz CT molecular complexity index is 561. The Hall–Kier alpha value is -1.61. The van der Waals surface area contributed by atoms with Crippen LogP contribution in [0.15, 0.2) is 30.9 Å². The first-order chi connectivity index (χ1) is 11.6. The average Bonchev–Trinajstić information content (AvgIpc) is 2.58. The van der Waals surface area contributed by atoms with Crippen molar-refractivity contribution in [3.05, 3.63) is 42.0 Å². The smallest absolute Gasteiger partial charge is 0.224 e. The van der Waals surface area contributed by atoms with Crippen LogP contribution in [0.1, 0.15) is 51.2 Å². The summed E-state index contributed by atoms with van der Waals surface area (Å²) in [6.45, 7) is 12.9. The van der Waals surface area contributed by atoms with Gasteiger partial charge in [0.25, 0.3) is 0 Å². The van der Waals surface area contributed by atoms with E-state index in [1.807, 2.05) is 4.90 Å². The van der Waals surface area contributed by atoms with E-state index in [0.29, 0.717) is 12.6 Å². The average molecular weight is 329 g/mol. The van der Waals surface area contributed by atoms with E-state index >= 15 is 0 Å². The van der Waals surface area contributed by atoms with Gasteiger partial charge in [-0.25, -0.2) is 0 Å². The van der Waals surface area contributed by atoms with Gasteiger partial charge in [0.05, 0.1) is 0 Å². The summed E-state index contributed by atoms with van der Waals surface area (Å²) in [5.74, 6) is 0.0871. The number of anilines is 1. The lowest BCUT2D eigenvalue weighted by Crippen LogP contribution is -2.41. The van der Waals surface area contributed by atoms with Gasteiger partial charge in [0.15, 0.2) is 0 Å². The molecule has 0 saturated carbocycles. The van der Waals surface area contributed by atoms with Crippen molar-refractivity contribution in [2.75, 3.05) is 24.5 Å². The SMILES string of the molecule is C=CCN(C(C)=O)c1cccc2c1CCC(N(CCC)CCC)C2. The highest BCUT2D eigenvalue weighted by Gasteiger charge is 2.26. The van der Waals surface area contributed by atoms with E-state index < -0.39 is 0 Å². The van der Waals surface area contributed by atoms with E-state index in [2.05, 4.69) is 43.5 Å². The van der Waals surface area contributed by atoms with Crippen LogP contribution in [0.4, 0.5) is 5.69 Å². The van der Waals surface area contributed by atoms with Crippen LogP contribution in [0.3, 0.4) is 0 Å². The number of carbonyl (C=O) groups is 1. The van der Waals surface area contributed by atoms with Gasteiger partial charge in [0.1, 0.15) is 0 Å². The van der Waals surface area contributed by atoms with Crippen molar-refractivity contribution in [1.29, 1.82) is 0 Å². The summed E-state index contributed by atoms with van der Waals surface area (Å²) < 4.78 is 0. The lowest BCUT2D eigenvalue weighted by molar-refractivity contribution is -0.116. The number of carbonyl (C=O) groups excluding carboxylic acids is 1. The van der Waals surface area contributed by atoms with Crippen LogP contribution in [0.5, 0.6) is 0 Å². The topological polar surface area (TPSA) is 23.6 Å². The molecule has 0 spiro atoms. The first kappa shape index (κ1) is 18.7. The summed E-state index contributed by atoms with van der Waals surface area (Å²) in [6, 6.07) is 7.06. The minimum atomic E-state index is 0.0871. The second-order valence-electron chi connectivity index (χ2n) is 6.77. The van der Waals surface area contributed by atoms with Crippen molar-refractivity contribution in [3.8, 4) is 0 Å². The fourth-order valence-corrected chi connectivity index (χ4v) is 3.91.